The number of pyridine rings is 2. The molecule has 1 fully saturated rings. The lowest BCUT2D eigenvalue weighted by Gasteiger charge is -2.26. The fourth-order valence-corrected chi connectivity index (χ4v) is 5.08. The molecule has 0 aliphatic heterocycles. The highest BCUT2D eigenvalue weighted by atomic mass is 32.2. The second-order valence-electron chi connectivity index (χ2n) is 7.82. The van der Waals surface area contributed by atoms with Gasteiger partial charge in [0.1, 0.15) is 16.6 Å². The molecule has 1 saturated carbocycles. The Labute approximate surface area is 180 Å². The number of hydrogen-bond acceptors (Lipinski definition) is 5. The highest BCUT2D eigenvalue weighted by Gasteiger charge is 2.26. The van der Waals surface area contributed by atoms with Crippen molar-refractivity contribution in [2.75, 3.05) is 0 Å². The van der Waals surface area contributed by atoms with E-state index >= 15 is 0 Å². The number of allylic oxidation sites excluding steroid dienone is 4. The summed E-state index contributed by atoms with van der Waals surface area (Å²) in [7, 11) is -3.61. The molecular weight excluding hydrogens is 410 g/mol. The standard InChI is InChI=1S/C23H21N5O2S/c1-2-15-11-19-20(12-24)22(28(17-7-4-8-17)23(19)26-13-15)21-10-9-18(14-25-21)31(29,30)27-16-5-3-6-16/h4,7-11,13-14,16,27H,2-3,5-6H2,1H3. The number of hydrogen-bond donors (Lipinski definition) is 1. The maximum atomic E-state index is 12.6. The number of rotatable bonds is 6. The topological polar surface area (TPSA) is 101 Å². The van der Waals surface area contributed by atoms with Gasteiger partial charge in [0.05, 0.1) is 17.0 Å². The van der Waals surface area contributed by atoms with Gasteiger partial charge in [-0.15, -0.1) is 0 Å². The van der Waals surface area contributed by atoms with Gasteiger partial charge in [0.15, 0.2) is 0 Å². The van der Waals surface area contributed by atoms with E-state index in [0.29, 0.717) is 22.6 Å². The van der Waals surface area contributed by atoms with Crippen molar-refractivity contribution in [3.8, 4) is 17.5 Å². The molecule has 2 aliphatic rings. The lowest BCUT2D eigenvalue weighted by molar-refractivity contribution is 0.383. The van der Waals surface area contributed by atoms with Crippen LogP contribution in [0.15, 0.2) is 53.7 Å². The lowest BCUT2D eigenvalue weighted by Crippen LogP contribution is -2.39. The molecule has 0 saturated heterocycles. The summed E-state index contributed by atoms with van der Waals surface area (Å²) in [4.78, 5) is 9.19. The molecule has 156 valence electrons. The molecule has 0 unspecified atom stereocenters. The van der Waals surface area contributed by atoms with Crippen LogP contribution in [-0.2, 0) is 16.4 Å². The number of aryl methyl sites for hydroxylation is 1. The summed E-state index contributed by atoms with van der Waals surface area (Å²) in [5, 5.41) is 10.7. The average Bonchev–Trinajstić information content (AvgIpc) is 3.03. The second kappa shape index (κ2) is 7.45. The maximum absolute atomic E-state index is 12.6. The smallest absolute Gasteiger partial charge is 0.242 e. The van der Waals surface area contributed by atoms with Crippen molar-refractivity contribution < 1.29 is 8.42 Å². The number of nitrogens with one attached hydrogen (secondary N) is 1. The van der Waals surface area contributed by atoms with Crippen molar-refractivity contribution in [2.24, 2.45) is 0 Å². The molecule has 0 spiro atoms. The number of sulfonamides is 1. The van der Waals surface area contributed by atoms with Crippen LogP contribution in [0.2, 0.25) is 0 Å². The van der Waals surface area contributed by atoms with E-state index in [9.17, 15) is 13.7 Å². The Morgan fingerprint density at radius 3 is 2.61 bits per heavy atom. The number of aromatic nitrogens is 3. The first kappa shape index (κ1) is 19.7. The van der Waals surface area contributed by atoms with E-state index in [4.69, 9.17) is 0 Å². The third-order valence-electron chi connectivity index (χ3n) is 5.89. The summed E-state index contributed by atoms with van der Waals surface area (Å²) >= 11 is 0. The van der Waals surface area contributed by atoms with Gasteiger partial charge in [0.25, 0.3) is 0 Å². The van der Waals surface area contributed by atoms with Gasteiger partial charge in [-0.1, -0.05) is 19.4 Å². The SMILES string of the molecule is CCc1cnc2c(c1)c(C#N)c(-c1ccc(S(=O)(=O)NC3CCC3)cn1)n2C1=CC=C1. The molecule has 0 atom stereocenters. The van der Waals surface area contributed by atoms with Crippen LogP contribution in [0.5, 0.6) is 0 Å². The second-order valence-corrected chi connectivity index (χ2v) is 9.53. The first-order chi connectivity index (χ1) is 15.0. The van der Waals surface area contributed by atoms with E-state index in [0.717, 1.165) is 42.3 Å². The van der Waals surface area contributed by atoms with Gasteiger partial charge in [0, 0.05) is 29.5 Å². The van der Waals surface area contributed by atoms with Crippen LogP contribution in [0.25, 0.3) is 28.1 Å². The van der Waals surface area contributed by atoms with E-state index in [-0.39, 0.29) is 10.9 Å². The van der Waals surface area contributed by atoms with Gasteiger partial charge in [-0.25, -0.2) is 18.1 Å². The Morgan fingerprint density at radius 2 is 2.06 bits per heavy atom. The Hall–Kier alpha value is -3.28. The van der Waals surface area contributed by atoms with Crippen molar-refractivity contribution in [3.63, 3.8) is 0 Å². The minimum Gasteiger partial charge on any atom is -0.291 e. The molecule has 0 bridgehead atoms. The van der Waals surface area contributed by atoms with Crippen molar-refractivity contribution >= 4 is 26.8 Å². The quantitative estimate of drug-likeness (QED) is 0.640. The molecule has 5 rings (SSSR count). The summed E-state index contributed by atoms with van der Waals surface area (Å²) in [5.74, 6) is 0. The summed E-state index contributed by atoms with van der Waals surface area (Å²) in [5.41, 5.74) is 4.26. The minimum absolute atomic E-state index is 0.00794. The molecular formula is C23H21N5O2S. The van der Waals surface area contributed by atoms with E-state index in [1.54, 1.807) is 12.1 Å². The zero-order chi connectivity index (χ0) is 21.6. The Kier molecular flexibility index (Phi) is 4.73. The van der Waals surface area contributed by atoms with Crippen LogP contribution >= 0.6 is 0 Å². The fraction of sp³-hybridized carbons (Fsp3) is 0.261. The zero-order valence-electron chi connectivity index (χ0n) is 17.0. The Morgan fingerprint density at radius 1 is 1.26 bits per heavy atom. The van der Waals surface area contributed by atoms with E-state index in [2.05, 4.69) is 20.8 Å². The monoisotopic (exact) mass is 431 g/mol. The first-order valence-corrected chi connectivity index (χ1v) is 11.8. The molecule has 0 radical (unpaired) electrons. The highest BCUT2D eigenvalue weighted by Crippen LogP contribution is 2.36. The summed E-state index contributed by atoms with van der Waals surface area (Å²) in [6.07, 6.45) is 12.6. The Balaban J connectivity index is 1.63. The van der Waals surface area contributed by atoms with E-state index < -0.39 is 10.0 Å². The summed E-state index contributed by atoms with van der Waals surface area (Å²) in [6.45, 7) is 2.04. The predicted octanol–water partition coefficient (Wildman–Crippen LogP) is 3.77. The minimum atomic E-state index is -3.61. The molecule has 3 aromatic heterocycles. The Bertz CT molecular complexity index is 1390. The van der Waals surface area contributed by atoms with Crippen molar-refractivity contribution in [2.45, 2.75) is 43.5 Å². The third kappa shape index (κ3) is 3.26. The lowest BCUT2D eigenvalue weighted by atomic mass is 9.94. The third-order valence-corrected chi connectivity index (χ3v) is 7.40. The van der Waals surface area contributed by atoms with Crippen LogP contribution in [0, 0.1) is 11.3 Å². The molecule has 31 heavy (non-hydrogen) atoms. The first-order valence-electron chi connectivity index (χ1n) is 10.3. The molecule has 0 aromatic carbocycles. The number of nitrogens with zero attached hydrogens (tertiary/aromatic N) is 4. The predicted molar refractivity (Wildman–Crippen MR) is 118 cm³/mol. The summed E-state index contributed by atoms with van der Waals surface area (Å²) < 4.78 is 29.9. The maximum Gasteiger partial charge on any atom is 0.242 e. The molecule has 2 aliphatic carbocycles. The number of fused-ring (bicyclic) bond motifs is 1. The molecule has 3 aromatic rings. The van der Waals surface area contributed by atoms with Crippen molar-refractivity contribution in [3.05, 3.63) is 59.9 Å². The molecule has 7 nitrogen and oxygen atoms in total. The van der Waals surface area contributed by atoms with Crippen molar-refractivity contribution in [1.82, 2.24) is 19.3 Å². The molecule has 0 amide bonds. The fourth-order valence-electron chi connectivity index (χ4n) is 3.83. The zero-order valence-corrected chi connectivity index (χ0v) is 17.9. The van der Waals surface area contributed by atoms with Gasteiger partial charge >= 0.3 is 0 Å². The highest BCUT2D eigenvalue weighted by molar-refractivity contribution is 7.89. The van der Waals surface area contributed by atoms with E-state index in [1.165, 1.54) is 6.20 Å². The van der Waals surface area contributed by atoms with Gasteiger partial charge in [-0.2, -0.15) is 5.26 Å². The van der Waals surface area contributed by atoms with Crippen LogP contribution in [0.4, 0.5) is 0 Å². The largest absolute Gasteiger partial charge is 0.291 e. The van der Waals surface area contributed by atoms with Gasteiger partial charge in [-0.3, -0.25) is 9.55 Å². The van der Waals surface area contributed by atoms with Crippen LogP contribution in [0.3, 0.4) is 0 Å². The van der Waals surface area contributed by atoms with Crippen LogP contribution < -0.4 is 4.72 Å². The number of nitriles is 1. The van der Waals surface area contributed by atoms with Crippen molar-refractivity contribution in [1.29, 1.82) is 5.26 Å². The van der Waals surface area contributed by atoms with E-state index in [1.807, 2.05) is 42.0 Å². The van der Waals surface area contributed by atoms with Gasteiger partial charge < -0.3 is 0 Å². The van der Waals surface area contributed by atoms with Crippen LogP contribution in [-0.4, -0.2) is 29.0 Å². The van der Waals surface area contributed by atoms with Gasteiger partial charge in [0.2, 0.25) is 10.0 Å². The van der Waals surface area contributed by atoms with Gasteiger partial charge in [-0.05, 0) is 55.2 Å². The van der Waals surface area contributed by atoms with Crippen LogP contribution in [0.1, 0.15) is 37.3 Å². The molecule has 3 heterocycles. The molecule has 8 heteroatoms. The summed E-state index contributed by atoms with van der Waals surface area (Å²) in [6, 6.07) is 7.52. The molecule has 1 N–H and O–H groups in total. The average molecular weight is 432 g/mol. The normalized spacial score (nSPS) is 15.9.